The smallest absolute Gasteiger partial charge is 0.0533 e. The highest BCUT2D eigenvalue weighted by Crippen LogP contribution is 2.39. The van der Waals surface area contributed by atoms with Crippen LogP contribution in [0.3, 0.4) is 0 Å². The summed E-state index contributed by atoms with van der Waals surface area (Å²) in [6.45, 7) is 16.8. The Balaban J connectivity index is 1.99. The molecule has 0 unspecified atom stereocenters. The molecular formula is C41H48N2. The van der Waals surface area contributed by atoms with Crippen molar-refractivity contribution in [2.45, 2.75) is 53.4 Å². The van der Waals surface area contributed by atoms with Crippen molar-refractivity contribution in [1.82, 2.24) is 4.90 Å². The van der Waals surface area contributed by atoms with E-state index in [0.29, 0.717) is 0 Å². The van der Waals surface area contributed by atoms with Gasteiger partial charge in [-0.1, -0.05) is 129 Å². The summed E-state index contributed by atoms with van der Waals surface area (Å²) in [4.78, 5) is 4.52. The van der Waals surface area contributed by atoms with Crippen LogP contribution in [0.1, 0.15) is 58.1 Å². The molecule has 0 bridgehead atoms. The first-order valence-corrected chi connectivity index (χ1v) is 15.3. The Bertz CT molecular complexity index is 1550. The zero-order valence-electron chi connectivity index (χ0n) is 26.8. The van der Waals surface area contributed by atoms with Crippen LogP contribution in [0.15, 0.2) is 158 Å². The Hall–Kier alpha value is -4.56. The summed E-state index contributed by atoms with van der Waals surface area (Å²) in [7, 11) is 2.13. The summed E-state index contributed by atoms with van der Waals surface area (Å²) in [5.41, 5.74) is 8.40. The van der Waals surface area contributed by atoms with Crippen molar-refractivity contribution >= 4 is 22.2 Å². The first-order chi connectivity index (χ1) is 21.0. The molecule has 2 aromatic rings. The summed E-state index contributed by atoms with van der Waals surface area (Å²) < 4.78 is 0. The minimum atomic E-state index is 0.775. The molecule has 2 heteroatoms. The maximum Gasteiger partial charge on any atom is 0.0533 e. The third-order valence-electron chi connectivity index (χ3n) is 7.35. The summed E-state index contributed by atoms with van der Waals surface area (Å²) in [5, 5.41) is 2.45. The second kappa shape index (κ2) is 17.4. The highest BCUT2D eigenvalue weighted by Gasteiger charge is 2.20. The van der Waals surface area contributed by atoms with E-state index in [1.165, 1.54) is 33.2 Å². The van der Waals surface area contributed by atoms with E-state index >= 15 is 0 Å². The normalized spacial score (nSPS) is 14.4. The van der Waals surface area contributed by atoms with Crippen molar-refractivity contribution in [1.29, 1.82) is 0 Å². The van der Waals surface area contributed by atoms with E-state index in [1.54, 1.807) is 0 Å². The van der Waals surface area contributed by atoms with E-state index in [-0.39, 0.29) is 0 Å². The van der Waals surface area contributed by atoms with Gasteiger partial charge in [0.25, 0.3) is 0 Å². The Labute approximate surface area is 260 Å². The molecule has 0 atom stereocenters. The first-order valence-electron chi connectivity index (χ1n) is 15.3. The predicted octanol–water partition coefficient (Wildman–Crippen LogP) is 11.5. The number of nitrogens with zero attached hydrogens (tertiary/aromatic N) is 2. The molecule has 0 saturated carbocycles. The van der Waals surface area contributed by atoms with Crippen LogP contribution in [0.4, 0.5) is 5.69 Å². The van der Waals surface area contributed by atoms with Crippen LogP contribution in [0.2, 0.25) is 0 Å². The average Bonchev–Trinajstić information content (AvgIpc) is 3.24. The van der Waals surface area contributed by atoms with Gasteiger partial charge in [0.15, 0.2) is 0 Å². The van der Waals surface area contributed by atoms with E-state index < -0.39 is 0 Å². The highest BCUT2D eigenvalue weighted by molar-refractivity contribution is 6.03. The molecule has 0 amide bonds. The maximum atomic E-state index is 4.47. The lowest BCUT2D eigenvalue weighted by Gasteiger charge is -2.28. The fraction of sp³-hybridized carbons (Fsp3) is 0.220. The van der Waals surface area contributed by atoms with Gasteiger partial charge in [-0.2, -0.15) is 0 Å². The lowest BCUT2D eigenvalue weighted by molar-refractivity contribution is 0.585. The van der Waals surface area contributed by atoms with E-state index in [9.17, 15) is 0 Å². The molecule has 0 heterocycles. The molecule has 2 nitrogen and oxygen atoms in total. The van der Waals surface area contributed by atoms with Crippen LogP contribution in [0.25, 0.3) is 16.5 Å². The zero-order valence-corrected chi connectivity index (χ0v) is 26.8. The minimum Gasteiger partial charge on any atom is -0.348 e. The predicted molar refractivity (Wildman–Crippen MR) is 193 cm³/mol. The van der Waals surface area contributed by atoms with Crippen molar-refractivity contribution in [3.63, 3.8) is 0 Å². The van der Waals surface area contributed by atoms with Gasteiger partial charge in [-0.25, -0.2) is 0 Å². The van der Waals surface area contributed by atoms with Gasteiger partial charge in [0, 0.05) is 47.7 Å². The van der Waals surface area contributed by atoms with Crippen LogP contribution in [-0.4, -0.2) is 11.9 Å². The number of hydrogen-bond donors (Lipinski definition) is 0. The number of anilines is 1. The summed E-state index contributed by atoms with van der Waals surface area (Å²) >= 11 is 0. The van der Waals surface area contributed by atoms with Gasteiger partial charge in [0.2, 0.25) is 0 Å². The topological polar surface area (TPSA) is 6.48 Å². The van der Waals surface area contributed by atoms with E-state index in [4.69, 9.17) is 0 Å². The van der Waals surface area contributed by atoms with E-state index in [1.807, 2.05) is 25.2 Å². The largest absolute Gasteiger partial charge is 0.348 e. The highest BCUT2D eigenvalue weighted by atomic mass is 15.1. The Kier molecular flexibility index (Phi) is 13.3. The van der Waals surface area contributed by atoms with Crippen LogP contribution < -0.4 is 4.90 Å². The van der Waals surface area contributed by atoms with Gasteiger partial charge in [-0.3, -0.25) is 0 Å². The average molecular weight is 569 g/mol. The molecule has 2 aromatic carbocycles. The Morgan fingerprint density at radius 3 is 2.51 bits per heavy atom. The molecule has 0 N–H and O–H groups in total. The van der Waals surface area contributed by atoms with Crippen LogP contribution >= 0.6 is 0 Å². The van der Waals surface area contributed by atoms with Gasteiger partial charge in [-0.15, -0.1) is 0 Å². The lowest BCUT2D eigenvalue weighted by Crippen LogP contribution is -2.17. The number of benzene rings is 2. The van der Waals surface area contributed by atoms with Gasteiger partial charge in [-0.05, 0) is 69.2 Å². The molecule has 0 aromatic heterocycles. The molecule has 1 aliphatic carbocycles. The van der Waals surface area contributed by atoms with Gasteiger partial charge in [0.05, 0.1) is 5.69 Å². The van der Waals surface area contributed by atoms with E-state index in [0.717, 1.165) is 42.8 Å². The van der Waals surface area contributed by atoms with Crippen LogP contribution in [0, 0.1) is 0 Å². The lowest BCUT2D eigenvalue weighted by atomic mass is 9.93. The number of hydrogen-bond acceptors (Lipinski definition) is 2. The fourth-order valence-corrected chi connectivity index (χ4v) is 5.12. The fourth-order valence-electron chi connectivity index (χ4n) is 5.12. The maximum absolute atomic E-state index is 4.47. The monoisotopic (exact) mass is 568 g/mol. The SMILES string of the molecule is C=C/C=C\C(=C/CC)N(/C=C\C)c1cccc2c3c(ccc12)CC=CC=C3N(C)C(=C)CC=C/C=C(/C)C/C=C\C=C/C. The van der Waals surface area contributed by atoms with Crippen molar-refractivity contribution < 1.29 is 0 Å². The molecule has 0 aliphatic heterocycles. The first kappa shape index (κ1) is 32.9. The summed E-state index contributed by atoms with van der Waals surface area (Å²) in [6, 6.07) is 11.2. The van der Waals surface area contributed by atoms with Crippen molar-refractivity contribution in [3.8, 4) is 0 Å². The molecule has 0 saturated heterocycles. The van der Waals surface area contributed by atoms with Gasteiger partial charge in [0.1, 0.15) is 0 Å². The molecule has 0 spiro atoms. The quantitative estimate of drug-likeness (QED) is 0.209. The summed E-state index contributed by atoms with van der Waals surface area (Å²) in [6.07, 6.45) is 37.5. The molecular weight excluding hydrogens is 520 g/mol. The van der Waals surface area contributed by atoms with E-state index in [2.05, 4.69) is 160 Å². The molecule has 3 rings (SSSR count). The van der Waals surface area contributed by atoms with Crippen LogP contribution in [-0.2, 0) is 6.42 Å². The number of rotatable bonds is 14. The van der Waals surface area contributed by atoms with Crippen molar-refractivity contribution in [2.75, 3.05) is 11.9 Å². The zero-order chi connectivity index (χ0) is 31.0. The number of fused-ring (bicyclic) bond motifs is 3. The van der Waals surface area contributed by atoms with Gasteiger partial charge >= 0.3 is 0 Å². The second-order valence-electron chi connectivity index (χ2n) is 10.6. The Morgan fingerprint density at radius 2 is 1.77 bits per heavy atom. The molecule has 222 valence electrons. The second-order valence-corrected chi connectivity index (χ2v) is 10.6. The molecule has 43 heavy (non-hydrogen) atoms. The Morgan fingerprint density at radius 1 is 0.953 bits per heavy atom. The third kappa shape index (κ3) is 8.96. The molecule has 0 fully saturated rings. The van der Waals surface area contributed by atoms with Crippen molar-refractivity contribution in [2.24, 2.45) is 0 Å². The van der Waals surface area contributed by atoms with Crippen LogP contribution in [0.5, 0.6) is 0 Å². The summed E-state index contributed by atoms with van der Waals surface area (Å²) in [5.74, 6) is 0. The van der Waals surface area contributed by atoms with Gasteiger partial charge < -0.3 is 9.80 Å². The molecule has 1 aliphatic rings. The minimum absolute atomic E-state index is 0.775. The standard InChI is InChI=1S/C41H48N2/c1-8-12-14-15-22-33(5)23-16-17-24-34(6)42(7)40-28-19-18-25-35-30-31-37-38(41(35)40)27-20-29-39(37)43(32-11-4)36(21-10-3)26-13-9-2/h8-9,11-21,23,26-32H,2,6,10,22,24-25H2,1,3-5,7H3/b12-8-,15-14-,17-16?,26-13-,32-11-,33-23-,36-21+. The molecule has 0 radical (unpaired) electrons. The number of allylic oxidation sites excluding steroid dienone is 16. The van der Waals surface area contributed by atoms with Crippen molar-refractivity contribution in [3.05, 3.63) is 169 Å². The third-order valence-corrected chi connectivity index (χ3v) is 7.35.